The lowest BCUT2D eigenvalue weighted by atomic mass is 10.1. The van der Waals surface area contributed by atoms with Crippen molar-refractivity contribution in [3.63, 3.8) is 0 Å². The molecule has 0 atom stereocenters. The number of hydrogen-bond donors (Lipinski definition) is 4. The number of carbonyl (C=O) groups is 4. The summed E-state index contributed by atoms with van der Waals surface area (Å²) < 4.78 is 182. The van der Waals surface area contributed by atoms with E-state index in [1.54, 1.807) is 9.44 Å². The Kier molecular flexibility index (Phi) is 24.1. The number of nitro groups is 1. The standard InChI is InChI=1S/C18H13ClF3NO7.C15H16F3N5O4S.C14H17N5O7S2/c1-2-28-16(24)9-29-17(25)12-8-11(4-5-14(12)23(26)27)30-15-6-3-10(7-13(15)19)18(20,21)22;1-9-19-12(22-14(20-9)27-2)21-13(24)23-28(25,26)11-6-4-3-5-10(11)7-8-15(16,17)18;1-4-27(21,22)9-6-5-7-15-12(9)28(23,24)19-14(20)18-13-16-10(25-2)8-11(17-13)26-3/h3-8H,2,9H2,1H3;3-6H,7-8H2,1-2H3,(H2,19,20,21,22,23,24);5-8H,4H2,1-3H3,(H2,16,17,18,19,20). The van der Waals surface area contributed by atoms with Crippen LogP contribution in [-0.2, 0) is 56.7 Å². The van der Waals surface area contributed by atoms with Gasteiger partial charge in [-0.15, -0.1) is 0 Å². The summed E-state index contributed by atoms with van der Waals surface area (Å²) in [6.45, 7) is 3.68. The number of sulfonamides is 2. The van der Waals surface area contributed by atoms with E-state index in [1.807, 2.05) is 0 Å². The Morgan fingerprint density at radius 2 is 1.31 bits per heavy atom. The van der Waals surface area contributed by atoms with Crippen LogP contribution in [0.4, 0.5) is 53.5 Å². The number of alkyl halides is 6. The van der Waals surface area contributed by atoms with Crippen molar-refractivity contribution in [2.24, 2.45) is 0 Å². The lowest BCUT2D eigenvalue weighted by molar-refractivity contribution is -0.385. The van der Waals surface area contributed by atoms with Crippen molar-refractivity contribution in [1.82, 2.24) is 39.3 Å². The quantitative estimate of drug-likeness (QED) is 0.0255. The van der Waals surface area contributed by atoms with E-state index in [-0.39, 0.29) is 69.9 Å². The van der Waals surface area contributed by atoms with Crippen LogP contribution in [0, 0.1) is 17.0 Å². The molecule has 6 rings (SSSR count). The fourth-order valence-electron chi connectivity index (χ4n) is 6.29. The topological polar surface area (TPSA) is 395 Å². The van der Waals surface area contributed by atoms with E-state index < -0.39 is 122 Å². The van der Waals surface area contributed by atoms with E-state index in [0.717, 1.165) is 48.7 Å². The number of nitro benzene ring substituents is 1. The molecule has 0 saturated carbocycles. The van der Waals surface area contributed by atoms with Gasteiger partial charge in [-0.05, 0) is 68.3 Å². The van der Waals surface area contributed by atoms with E-state index in [0.29, 0.717) is 6.07 Å². The van der Waals surface area contributed by atoms with E-state index in [2.05, 4.69) is 45.3 Å². The summed E-state index contributed by atoms with van der Waals surface area (Å²) in [5.74, 6) is -2.93. The predicted octanol–water partition coefficient (Wildman–Crippen LogP) is 7.17. The fraction of sp³-hybridized carbons (Fsp3) is 0.277. The molecule has 0 aliphatic carbocycles. The maximum absolute atomic E-state index is 12.7. The monoisotopic (exact) mass is 1300 g/mol. The van der Waals surface area contributed by atoms with E-state index in [1.165, 1.54) is 72.4 Å². The number of urea groups is 2. The molecule has 86 heavy (non-hydrogen) atoms. The highest BCUT2D eigenvalue weighted by atomic mass is 35.5. The summed E-state index contributed by atoms with van der Waals surface area (Å²) in [4.78, 5) is 79.5. The average molecular weight is 1300 g/mol. The lowest BCUT2D eigenvalue weighted by Gasteiger charge is -2.13. The van der Waals surface area contributed by atoms with E-state index in [9.17, 15) is 80.9 Å². The third-order valence-corrected chi connectivity index (χ3v) is 15.0. The molecule has 4 N–H and O–H groups in total. The third kappa shape index (κ3) is 20.8. The minimum absolute atomic E-state index is 0.0493. The second-order valence-corrected chi connectivity index (χ2v) is 22.0. The van der Waals surface area contributed by atoms with Crippen LogP contribution in [0.1, 0.15) is 47.6 Å². The van der Waals surface area contributed by atoms with Gasteiger partial charge in [0, 0.05) is 24.8 Å². The van der Waals surface area contributed by atoms with Gasteiger partial charge >= 0.3 is 42.4 Å². The Hall–Kier alpha value is -9.30. The zero-order valence-corrected chi connectivity index (χ0v) is 48.2. The molecule has 0 aliphatic rings. The van der Waals surface area contributed by atoms with Crippen molar-refractivity contribution in [1.29, 1.82) is 0 Å². The summed E-state index contributed by atoms with van der Waals surface area (Å²) in [5, 5.41) is 14.2. The Morgan fingerprint density at radius 1 is 0.709 bits per heavy atom. The van der Waals surface area contributed by atoms with Crippen molar-refractivity contribution in [2.45, 2.75) is 60.8 Å². The number of aryl methyl sites for hydroxylation is 2. The number of pyridine rings is 1. The number of nitrogens with zero attached hydrogens (tertiary/aromatic N) is 7. The highest BCUT2D eigenvalue weighted by molar-refractivity contribution is 7.93. The van der Waals surface area contributed by atoms with Gasteiger partial charge in [-0.25, -0.2) is 50.4 Å². The first kappa shape index (κ1) is 69.2. The Labute approximate surface area is 488 Å². The largest absolute Gasteiger partial charge is 0.481 e. The van der Waals surface area contributed by atoms with Crippen molar-refractivity contribution in [3.05, 3.63) is 123 Å². The second kappa shape index (κ2) is 30.0. The Balaban J connectivity index is 0.000000277. The van der Waals surface area contributed by atoms with Gasteiger partial charge in [-0.1, -0.05) is 36.7 Å². The van der Waals surface area contributed by atoms with Crippen LogP contribution in [0.5, 0.6) is 29.3 Å². The molecule has 0 radical (unpaired) electrons. The minimum atomic E-state index is -4.61. The number of benzene rings is 3. The van der Waals surface area contributed by atoms with Crippen LogP contribution in [0.15, 0.2) is 99.9 Å². The summed E-state index contributed by atoms with van der Waals surface area (Å²) >= 11 is 5.81. The van der Waals surface area contributed by atoms with Crippen molar-refractivity contribution >= 4 is 83.1 Å². The first-order valence-electron chi connectivity index (χ1n) is 23.5. The summed E-state index contributed by atoms with van der Waals surface area (Å²) in [6.07, 6.45) is -9.71. The number of sulfone groups is 1. The van der Waals surface area contributed by atoms with Gasteiger partial charge in [0.25, 0.3) is 25.7 Å². The highest BCUT2D eigenvalue weighted by Crippen LogP contribution is 2.37. The van der Waals surface area contributed by atoms with Gasteiger partial charge < -0.3 is 28.4 Å². The van der Waals surface area contributed by atoms with Gasteiger partial charge in [0.05, 0.1) is 60.2 Å². The number of amides is 4. The van der Waals surface area contributed by atoms with Gasteiger partial charge in [0.1, 0.15) is 27.8 Å². The molecule has 3 aromatic carbocycles. The van der Waals surface area contributed by atoms with Gasteiger partial charge in [0.15, 0.2) is 21.5 Å². The number of halogens is 7. The number of rotatable bonds is 20. The molecule has 3 aromatic heterocycles. The summed E-state index contributed by atoms with van der Waals surface area (Å²) in [6, 6.07) is 11.6. The molecule has 3 heterocycles. The zero-order chi connectivity index (χ0) is 64.4. The molecule has 0 saturated heterocycles. The third-order valence-electron chi connectivity index (χ3n) is 10.1. The maximum Gasteiger partial charge on any atom is 0.416 e. The first-order valence-corrected chi connectivity index (χ1v) is 28.5. The lowest BCUT2D eigenvalue weighted by Crippen LogP contribution is -2.36. The van der Waals surface area contributed by atoms with E-state index >= 15 is 0 Å². The number of esters is 2. The Bertz CT molecular complexity index is 3790. The van der Waals surface area contributed by atoms with Crippen molar-refractivity contribution in [3.8, 4) is 29.3 Å². The van der Waals surface area contributed by atoms with Crippen LogP contribution in [0.3, 0.4) is 0 Å². The van der Waals surface area contributed by atoms with Crippen molar-refractivity contribution < 1.29 is 104 Å². The number of methoxy groups -OCH3 is 3. The molecule has 0 bridgehead atoms. The molecule has 29 nitrogen and oxygen atoms in total. The molecule has 6 aromatic rings. The van der Waals surface area contributed by atoms with Gasteiger partial charge in [-0.2, -0.15) is 59.7 Å². The van der Waals surface area contributed by atoms with Crippen LogP contribution >= 0.6 is 11.6 Å². The summed E-state index contributed by atoms with van der Waals surface area (Å²) in [7, 11) is -8.99. The van der Waals surface area contributed by atoms with Crippen LogP contribution in [0.25, 0.3) is 0 Å². The molecule has 39 heteroatoms. The van der Waals surface area contributed by atoms with E-state index in [4.69, 9.17) is 35.3 Å². The minimum Gasteiger partial charge on any atom is -0.481 e. The predicted molar refractivity (Wildman–Crippen MR) is 284 cm³/mol. The molecular weight excluding hydrogens is 1250 g/mol. The fourth-order valence-corrected chi connectivity index (χ4v) is 10.2. The van der Waals surface area contributed by atoms with Crippen LogP contribution < -0.4 is 39.0 Å². The summed E-state index contributed by atoms with van der Waals surface area (Å²) in [5.41, 5.74) is -2.23. The van der Waals surface area contributed by atoms with Crippen LogP contribution in [-0.4, -0.2) is 131 Å². The number of ether oxygens (including phenoxy) is 6. The number of aromatic nitrogens is 6. The number of nitrogens with one attached hydrogen (secondary N) is 4. The van der Waals surface area contributed by atoms with Gasteiger partial charge in [-0.3, -0.25) is 20.7 Å². The number of hydrogen-bond acceptors (Lipinski definition) is 24. The second-order valence-electron chi connectivity index (χ2n) is 16.1. The molecule has 464 valence electrons. The zero-order valence-electron chi connectivity index (χ0n) is 45.0. The normalized spacial score (nSPS) is 11.4. The maximum atomic E-state index is 12.7. The SMILES string of the molecule is CCOC(=O)COC(=O)c1cc(Oc2ccc(C(F)(F)F)cc2Cl)ccc1[N+](=O)[O-].CCS(=O)(=O)c1cccnc1S(=O)(=O)NC(=O)Nc1nc(OC)cc(OC)n1.COc1nc(C)nc(NC(=O)NS(=O)(=O)c2ccccc2CCC(F)(F)F)n1. The molecule has 0 fully saturated rings. The van der Waals surface area contributed by atoms with Crippen molar-refractivity contribution in [2.75, 3.05) is 50.9 Å². The average Bonchev–Trinajstić information content (AvgIpc) is 1.19. The highest BCUT2D eigenvalue weighted by Gasteiger charge is 2.33. The molecular formula is C47H46ClF6N11O18S3. The molecule has 0 spiro atoms. The number of anilines is 2. The molecule has 0 aliphatic heterocycles. The van der Waals surface area contributed by atoms with Gasteiger partial charge in [0.2, 0.25) is 23.7 Å². The first-order chi connectivity index (χ1) is 40.1. The molecule has 4 amide bonds. The Morgan fingerprint density at radius 3 is 1.87 bits per heavy atom. The number of carbonyl (C=O) groups excluding carboxylic acids is 4. The molecule has 0 unspecified atom stereocenters. The smallest absolute Gasteiger partial charge is 0.416 e. The van der Waals surface area contributed by atoms with Crippen LogP contribution in [0.2, 0.25) is 5.02 Å².